The van der Waals surface area contributed by atoms with E-state index in [2.05, 4.69) is 46.7 Å². The molecule has 1 aliphatic heterocycles. The van der Waals surface area contributed by atoms with Crippen LogP contribution in [0.4, 0.5) is 22.2 Å². The van der Waals surface area contributed by atoms with Gasteiger partial charge in [0.05, 0.1) is 18.6 Å². The fourth-order valence-corrected chi connectivity index (χ4v) is 4.49. The van der Waals surface area contributed by atoms with E-state index in [1.807, 2.05) is 29.6 Å². The first-order valence-corrected chi connectivity index (χ1v) is 11.8. The number of amides is 2. The second kappa shape index (κ2) is 9.16. The van der Waals surface area contributed by atoms with E-state index in [0.29, 0.717) is 24.6 Å². The van der Waals surface area contributed by atoms with Crippen molar-refractivity contribution in [2.24, 2.45) is 0 Å². The molecule has 1 aromatic carbocycles. The van der Waals surface area contributed by atoms with Crippen LogP contribution < -0.4 is 15.5 Å². The highest BCUT2D eigenvalue weighted by Gasteiger charge is 2.18. The van der Waals surface area contributed by atoms with Crippen molar-refractivity contribution in [3.05, 3.63) is 54.3 Å². The van der Waals surface area contributed by atoms with E-state index in [1.165, 1.54) is 11.3 Å². The van der Waals surface area contributed by atoms with Crippen molar-refractivity contribution in [2.45, 2.75) is 0 Å². The molecule has 6 rings (SSSR count). The summed E-state index contributed by atoms with van der Waals surface area (Å²) in [6, 6.07) is 10.8. The standard InChI is InChI=1S/C23H20N8O3S/c32-23(29-19-12-18(30-34-19)22-24-5-10-35-22)27-15-3-1-14(2-4-15)17-11-16-20(28-17)25-13-26-21(16)31-6-8-33-9-7-31/h1-5,10-13H,6-9H2,(H,25,26,28)(H2,27,29,32). The van der Waals surface area contributed by atoms with Gasteiger partial charge in [-0.15, -0.1) is 11.3 Å². The average molecular weight is 489 g/mol. The Labute approximate surface area is 203 Å². The number of carbonyl (C=O) groups excluding carboxylic acids is 1. The molecular formula is C23H20N8O3S. The van der Waals surface area contributed by atoms with Crippen LogP contribution in [0, 0.1) is 0 Å². The maximum atomic E-state index is 12.4. The summed E-state index contributed by atoms with van der Waals surface area (Å²) in [5, 5.41) is 12.9. The van der Waals surface area contributed by atoms with Gasteiger partial charge in [0.15, 0.2) is 0 Å². The van der Waals surface area contributed by atoms with Gasteiger partial charge in [-0.1, -0.05) is 17.3 Å². The highest BCUT2D eigenvalue weighted by Crippen LogP contribution is 2.30. The Bertz CT molecular complexity index is 1460. The van der Waals surface area contributed by atoms with E-state index in [1.54, 1.807) is 18.6 Å². The summed E-state index contributed by atoms with van der Waals surface area (Å²) < 4.78 is 10.6. The van der Waals surface area contributed by atoms with Gasteiger partial charge in [0.25, 0.3) is 0 Å². The number of carbonyl (C=O) groups is 1. The van der Waals surface area contributed by atoms with Crippen molar-refractivity contribution in [3.63, 3.8) is 0 Å². The predicted octanol–water partition coefficient (Wildman–Crippen LogP) is 4.22. The topological polar surface area (TPSA) is 134 Å². The smallest absolute Gasteiger partial charge is 0.326 e. The number of H-pyrrole nitrogens is 1. The summed E-state index contributed by atoms with van der Waals surface area (Å²) in [5.74, 6) is 1.14. The summed E-state index contributed by atoms with van der Waals surface area (Å²) in [7, 11) is 0. The van der Waals surface area contributed by atoms with Crippen LogP contribution in [-0.4, -0.2) is 57.4 Å². The third-order valence-corrected chi connectivity index (χ3v) is 6.36. The summed E-state index contributed by atoms with van der Waals surface area (Å²) in [6.07, 6.45) is 3.26. The number of nitrogens with zero attached hydrogens (tertiary/aromatic N) is 5. The van der Waals surface area contributed by atoms with Crippen molar-refractivity contribution in [3.8, 4) is 22.0 Å². The van der Waals surface area contributed by atoms with E-state index in [0.717, 1.165) is 46.2 Å². The zero-order valence-electron chi connectivity index (χ0n) is 18.4. The number of aromatic amines is 1. The Morgan fingerprint density at radius 1 is 1.06 bits per heavy atom. The lowest BCUT2D eigenvalue weighted by Crippen LogP contribution is -2.36. The van der Waals surface area contributed by atoms with E-state index < -0.39 is 6.03 Å². The monoisotopic (exact) mass is 488 g/mol. The number of hydrogen-bond acceptors (Lipinski definition) is 9. The Morgan fingerprint density at radius 3 is 2.71 bits per heavy atom. The molecule has 0 spiro atoms. The molecule has 11 nitrogen and oxygen atoms in total. The average Bonchev–Trinajstić information content (AvgIpc) is 3.65. The highest BCUT2D eigenvalue weighted by atomic mass is 32.1. The lowest BCUT2D eigenvalue weighted by atomic mass is 10.1. The molecule has 1 aliphatic rings. The number of urea groups is 1. The van der Waals surface area contributed by atoms with Crippen LogP contribution in [0.2, 0.25) is 0 Å². The van der Waals surface area contributed by atoms with Gasteiger partial charge < -0.3 is 24.5 Å². The molecule has 1 saturated heterocycles. The minimum absolute atomic E-state index is 0.236. The second-order valence-corrected chi connectivity index (χ2v) is 8.71. The molecule has 176 valence electrons. The third-order valence-electron chi connectivity index (χ3n) is 5.57. The summed E-state index contributed by atoms with van der Waals surface area (Å²) in [5.41, 5.74) is 3.87. The van der Waals surface area contributed by atoms with Crippen LogP contribution >= 0.6 is 11.3 Å². The van der Waals surface area contributed by atoms with Crippen LogP contribution in [0.1, 0.15) is 0 Å². The molecule has 0 radical (unpaired) electrons. The maximum Gasteiger partial charge on any atom is 0.326 e. The zero-order valence-corrected chi connectivity index (χ0v) is 19.2. The molecule has 5 aromatic rings. The first-order valence-electron chi connectivity index (χ1n) is 10.9. The molecule has 5 heterocycles. The number of nitrogens with one attached hydrogen (secondary N) is 3. The number of ether oxygens (including phenoxy) is 1. The molecule has 0 aliphatic carbocycles. The number of fused-ring (bicyclic) bond motifs is 1. The number of thiazole rings is 1. The van der Waals surface area contributed by atoms with Crippen LogP contribution in [-0.2, 0) is 4.74 Å². The zero-order chi connectivity index (χ0) is 23.6. The van der Waals surface area contributed by atoms with Crippen molar-refractivity contribution >= 4 is 45.8 Å². The van der Waals surface area contributed by atoms with Gasteiger partial charge in [0, 0.05) is 42.1 Å². The van der Waals surface area contributed by atoms with Gasteiger partial charge in [-0.2, -0.15) is 0 Å². The molecule has 3 N–H and O–H groups in total. The van der Waals surface area contributed by atoms with Gasteiger partial charge in [0.2, 0.25) is 5.88 Å². The minimum atomic E-state index is -0.435. The van der Waals surface area contributed by atoms with Crippen molar-refractivity contribution in [1.29, 1.82) is 0 Å². The fourth-order valence-electron chi connectivity index (χ4n) is 3.90. The summed E-state index contributed by atoms with van der Waals surface area (Å²) in [4.78, 5) is 31.0. The van der Waals surface area contributed by atoms with Crippen molar-refractivity contribution in [1.82, 2.24) is 25.1 Å². The van der Waals surface area contributed by atoms with E-state index in [4.69, 9.17) is 9.26 Å². The fraction of sp³-hybridized carbons (Fsp3) is 0.174. The molecule has 1 fully saturated rings. The lowest BCUT2D eigenvalue weighted by Gasteiger charge is -2.27. The number of benzene rings is 1. The lowest BCUT2D eigenvalue weighted by molar-refractivity contribution is 0.122. The van der Waals surface area contributed by atoms with Gasteiger partial charge in [0.1, 0.15) is 28.5 Å². The number of aromatic nitrogens is 5. The largest absolute Gasteiger partial charge is 0.378 e. The van der Waals surface area contributed by atoms with E-state index in [9.17, 15) is 4.79 Å². The van der Waals surface area contributed by atoms with Crippen molar-refractivity contribution in [2.75, 3.05) is 41.8 Å². The molecule has 0 unspecified atom stereocenters. The first kappa shape index (κ1) is 21.3. The first-order chi connectivity index (χ1) is 17.2. The number of anilines is 3. The van der Waals surface area contributed by atoms with Gasteiger partial charge in [-0.05, 0) is 23.8 Å². The third kappa shape index (κ3) is 4.44. The Balaban J connectivity index is 1.14. The molecular weight excluding hydrogens is 468 g/mol. The number of morpholine rings is 1. The minimum Gasteiger partial charge on any atom is -0.378 e. The van der Waals surface area contributed by atoms with E-state index in [-0.39, 0.29) is 5.88 Å². The van der Waals surface area contributed by atoms with Crippen LogP contribution in [0.15, 0.2) is 58.8 Å². The molecule has 12 heteroatoms. The predicted molar refractivity (Wildman–Crippen MR) is 133 cm³/mol. The molecule has 0 saturated carbocycles. The molecule has 0 bridgehead atoms. The van der Waals surface area contributed by atoms with E-state index >= 15 is 0 Å². The van der Waals surface area contributed by atoms with Crippen LogP contribution in [0.25, 0.3) is 33.0 Å². The van der Waals surface area contributed by atoms with Crippen LogP contribution in [0.3, 0.4) is 0 Å². The summed E-state index contributed by atoms with van der Waals surface area (Å²) in [6.45, 7) is 2.98. The molecule has 4 aromatic heterocycles. The molecule has 0 atom stereocenters. The quantitative estimate of drug-likeness (QED) is 0.335. The number of hydrogen-bond donors (Lipinski definition) is 3. The Hall–Kier alpha value is -4.29. The Morgan fingerprint density at radius 2 is 1.91 bits per heavy atom. The second-order valence-electron chi connectivity index (χ2n) is 7.81. The number of rotatable bonds is 5. The normalized spacial score (nSPS) is 13.8. The summed E-state index contributed by atoms with van der Waals surface area (Å²) >= 11 is 1.44. The van der Waals surface area contributed by atoms with Gasteiger partial charge in [-0.25, -0.2) is 19.7 Å². The maximum absolute atomic E-state index is 12.4. The molecule has 2 amide bonds. The molecule has 35 heavy (non-hydrogen) atoms. The van der Waals surface area contributed by atoms with Crippen LogP contribution in [0.5, 0.6) is 0 Å². The SMILES string of the molecule is O=C(Nc1ccc(-c2cc3c(N4CCOCC4)ncnc3[nH]2)cc1)Nc1cc(-c2nccs2)no1. The van der Waals surface area contributed by atoms with Gasteiger partial charge >= 0.3 is 6.03 Å². The Kier molecular flexibility index (Phi) is 5.56. The van der Waals surface area contributed by atoms with Gasteiger partial charge in [-0.3, -0.25) is 5.32 Å². The highest BCUT2D eigenvalue weighted by molar-refractivity contribution is 7.13. The van der Waals surface area contributed by atoms with Crippen molar-refractivity contribution < 1.29 is 14.1 Å².